The van der Waals surface area contributed by atoms with Gasteiger partial charge in [0.1, 0.15) is 0 Å². The number of alkyl halides is 3. The van der Waals surface area contributed by atoms with E-state index < -0.39 is 11.7 Å². The van der Waals surface area contributed by atoms with Crippen molar-refractivity contribution in [2.75, 3.05) is 0 Å². The van der Waals surface area contributed by atoms with Crippen LogP contribution in [0.2, 0.25) is 0 Å². The third kappa shape index (κ3) is 2.27. The highest BCUT2D eigenvalue weighted by molar-refractivity contribution is 7.20. The monoisotopic (exact) mass is 272 g/mol. The highest BCUT2D eigenvalue weighted by Gasteiger charge is 2.30. The molecule has 0 saturated carbocycles. The number of hydrogen-bond donors (Lipinski definition) is 0. The molecule has 0 fully saturated rings. The topological polar surface area (TPSA) is 17.1 Å². The van der Waals surface area contributed by atoms with E-state index in [0.717, 1.165) is 47.1 Å². The lowest BCUT2D eigenvalue weighted by atomic mass is 10.0. The number of carbonyl (C=O) groups excluding carboxylic acids is 1. The first-order chi connectivity index (χ1) is 8.47. The van der Waals surface area contributed by atoms with Gasteiger partial charge >= 0.3 is 6.18 Å². The van der Waals surface area contributed by atoms with Crippen LogP contribution in [0.3, 0.4) is 0 Å². The molecule has 2 aromatic rings. The Bertz CT molecular complexity index is 584. The molecule has 0 aliphatic heterocycles. The number of halogens is 3. The SMILES string of the molecule is CCCc1c(C=O)sc2cc(C(F)(F)F)ccc12. The molecule has 1 nitrogen and oxygen atoms in total. The standard InChI is InChI=1S/C13H11F3OS/c1-2-3-9-10-5-4-8(13(14,15)16)6-11(10)18-12(9)7-17/h4-7H,2-3H2,1H3. The average molecular weight is 272 g/mol. The Kier molecular flexibility index (Phi) is 3.43. The van der Waals surface area contributed by atoms with Crippen molar-refractivity contribution >= 4 is 27.7 Å². The van der Waals surface area contributed by atoms with Gasteiger partial charge in [0.25, 0.3) is 0 Å². The van der Waals surface area contributed by atoms with Crippen molar-refractivity contribution in [2.24, 2.45) is 0 Å². The quantitative estimate of drug-likeness (QED) is 0.741. The van der Waals surface area contributed by atoms with Crippen molar-refractivity contribution in [2.45, 2.75) is 25.9 Å². The molecule has 0 N–H and O–H groups in total. The summed E-state index contributed by atoms with van der Waals surface area (Å²) in [6.45, 7) is 1.97. The minimum absolute atomic E-state index is 0.523. The molecule has 5 heteroatoms. The summed E-state index contributed by atoms with van der Waals surface area (Å²) < 4.78 is 38.3. The first-order valence-corrected chi connectivity index (χ1v) is 6.36. The number of carbonyl (C=O) groups is 1. The number of aryl methyl sites for hydroxylation is 1. The van der Waals surface area contributed by atoms with Crippen LogP contribution in [0.4, 0.5) is 13.2 Å². The number of rotatable bonds is 3. The molecule has 0 bridgehead atoms. The maximum Gasteiger partial charge on any atom is 0.416 e. The van der Waals surface area contributed by atoms with E-state index in [4.69, 9.17) is 0 Å². The minimum Gasteiger partial charge on any atom is -0.297 e. The Hall–Kier alpha value is -1.36. The fraction of sp³-hybridized carbons (Fsp3) is 0.308. The summed E-state index contributed by atoms with van der Waals surface area (Å²) in [4.78, 5) is 11.5. The Morgan fingerprint density at radius 1 is 1.33 bits per heavy atom. The zero-order valence-electron chi connectivity index (χ0n) is 9.67. The Balaban J connectivity index is 2.62. The predicted octanol–water partition coefficient (Wildman–Crippen LogP) is 4.69. The van der Waals surface area contributed by atoms with Gasteiger partial charge in [-0.3, -0.25) is 4.79 Å². The van der Waals surface area contributed by atoms with Crippen LogP contribution in [0, 0.1) is 0 Å². The maximum atomic E-state index is 12.6. The normalized spacial score (nSPS) is 12.0. The van der Waals surface area contributed by atoms with E-state index in [-0.39, 0.29) is 0 Å². The zero-order valence-corrected chi connectivity index (χ0v) is 10.5. The van der Waals surface area contributed by atoms with Gasteiger partial charge in [-0.05, 0) is 29.5 Å². The summed E-state index contributed by atoms with van der Waals surface area (Å²) in [5, 5.41) is 0.761. The molecule has 1 heterocycles. The summed E-state index contributed by atoms with van der Waals surface area (Å²) in [5.74, 6) is 0. The van der Waals surface area contributed by atoms with E-state index in [9.17, 15) is 18.0 Å². The third-order valence-corrected chi connectivity index (χ3v) is 3.88. The number of thiophene rings is 1. The van der Waals surface area contributed by atoms with Gasteiger partial charge in [0.15, 0.2) is 6.29 Å². The van der Waals surface area contributed by atoms with Crippen LogP contribution in [0.5, 0.6) is 0 Å². The van der Waals surface area contributed by atoms with Crippen molar-refractivity contribution in [3.8, 4) is 0 Å². The predicted molar refractivity (Wildman–Crippen MR) is 66.2 cm³/mol. The molecule has 96 valence electrons. The van der Waals surface area contributed by atoms with Crippen molar-refractivity contribution in [1.29, 1.82) is 0 Å². The van der Waals surface area contributed by atoms with Gasteiger partial charge in [-0.2, -0.15) is 13.2 Å². The molecule has 1 aromatic heterocycles. The second-order valence-corrected chi connectivity index (χ2v) is 5.11. The number of benzene rings is 1. The minimum atomic E-state index is -4.34. The fourth-order valence-electron chi connectivity index (χ4n) is 1.95. The molecule has 0 aliphatic rings. The molecular formula is C13H11F3OS. The largest absolute Gasteiger partial charge is 0.416 e. The van der Waals surface area contributed by atoms with Gasteiger partial charge in [-0.25, -0.2) is 0 Å². The third-order valence-electron chi connectivity index (χ3n) is 2.76. The molecular weight excluding hydrogens is 261 g/mol. The first kappa shape index (κ1) is 13.1. The molecule has 0 spiro atoms. The highest BCUT2D eigenvalue weighted by atomic mass is 32.1. The lowest BCUT2D eigenvalue weighted by Gasteiger charge is -2.06. The van der Waals surface area contributed by atoms with E-state index in [1.165, 1.54) is 6.07 Å². The van der Waals surface area contributed by atoms with Crippen LogP contribution in [0.15, 0.2) is 18.2 Å². The smallest absolute Gasteiger partial charge is 0.297 e. The van der Waals surface area contributed by atoms with Crippen molar-refractivity contribution in [3.05, 3.63) is 34.2 Å². The van der Waals surface area contributed by atoms with E-state index in [0.29, 0.717) is 16.0 Å². The Morgan fingerprint density at radius 2 is 2.06 bits per heavy atom. The van der Waals surface area contributed by atoms with Crippen molar-refractivity contribution in [1.82, 2.24) is 0 Å². The zero-order chi connectivity index (χ0) is 13.3. The molecule has 0 aliphatic carbocycles. The van der Waals surface area contributed by atoms with Crippen LogP contribution in [-0.4, -0.2) is 6.29 Å². The second kappa shape index (κ2) is 4.72. The average Bonchev–Trinajstić information content (AvgIpc) is 2.66. The molecule has 0 amide bonds. The van der Waals surface area contributed by atoms with Crippen LogP contribution >= 0.6 is 11.3 Å². The van der Waals surface area contributed by atoms with E-state index >= 15 is 0 Å². The van der Waals surface area contributed by atoms with Gasteiger partial charge in [0, 0.05) is 4.70 Å². The molecule has 0 atom stereocenters. The second-order valence-electron chi connectivity index (χ2n) is 4.02. The molecule has 0 unspecified atom stereocenters. The Morgan fingerprint density at radius 3 is 2.61 bits per heavy atom. The fourth-order valence-corrected chi connectivity index (χ4v) is 3.06. The van der Waals surface area contributed by atoms with E-state index in [2.05, 4.69) is 0 Å². The summed E-state index contributed by atoms with van der Waals surface area (Å²) in [6, 6.07) is 3.65. The van der Waals surface area contributed by atoms with Gasteiger partial charge in [-0.1, -0.05) is 19.4 Å². The lowest BCUT2D eigenvalue weighted by molar-refractivity contribution is -0.137. The Labute approximate surface area is 106 Å². The summed E-state index contributed by atoms with van der Waals surface area (Å²) in [5.41, 5.74) is 0.193. The van der Waals surface area contributed by atoms with Gasteiger partial charge in [0.05, 0.1) is 10.4 Å². The number of fused-ring (bicyclic) bond motifs is 1. The summed E-state index contributed by atoms with van der Waals surface area (Å²) in [6.07, 6.45) is -2.06. The van der Waals surface area contributed by atoms with E-state index in [1.54, 1.807) is 0 Å². The highest BCUT2D eigenvalue weighted by Crippen LogP contribution is 2.36. The molecule has 18 heavy (non-hydrogen) atoms. The number of hydrogen-bond acceptors (Lipinski definition) is 2. The van der Waals surface area contributed by atoms with Gasteiger partial charge in [0.2, 0.25) is 0 Å². The van der Waals surface area contributed by atoms with Crippen LogP contribution in [-0.2, 0) is 12.6 Å². The van der Waals surface area contributed by atoms with Crippen molar-refractivity contribution in [3.63, 3.8) is 0 Å². The summed E-state index contributed by atoms with van der Waals surface area (Å²) >= 11 is 1.13. The lowest BCUT2D eigenvalue weighted by Crippen LogP contribution is -2.03. The van der Waals surface area contributed by atoms with Crippen LogP contribution < -0.4 is 0 Å². The van der Waals surface area contributed by atoms with Crippen LogP contribution in [0.25, 0.3) is 10.1 Å². The maximum absolute atomic E-state index is 12.6. The number of aldehydes is 1. The van der Waals surface area contributed by atoms with Crippen molar-refractivity contribution < 1.29 is 18.0 Å². The van der Waals surface area contributed by atoms with E-state index in [1.807, 2.05) is 6.92 Å². The molecule has 2 rings (SSSR count). The van der Waals surface area contributed by atoms with Gasteiger partial charge < -0.3 is 0 Å². The molecule has 0 radical (unpaired) electrons. The molecule has 1 aromatic carbocycles. The first-order valence-electron chi connectivity index (χ1n) is 5.55. The van der Waals surface area contributed by atoms with Gasteiger partial charge in [-0.15, -0.1) is 11.3 Å². The molecule has 0 saturated heterocycles. The summed E-state index contributed by atoms with van der Waals surface area (Å²) in [7, 11) is 0. The van der Waals surface area contributed by atoms with Crippen LogP contribution in [0.1, 0.15) is 34.1 Å².